The van der Waals surface area contributed by atoms with Crippen molar-refractivity contribution in [1.29, 1.82) is 0 Å². The minimum absolute atomic E-state index is 0.0488. The van der Waals surface area contributed by atoms with Crippen molar-refractivity contribution in [2.24, 2.45) is 0 Å². The van der Waals surface area contributed by atoms with Crippen LogP contribution in [-0.4, -0.2) is 95.4 Å². The molecule has 0 saturated carbocycles. The van der Waals surface area contributed by atoms with Gasteiger partial charge in [-0.25, -0.2) is 4.98 Å². The van der Waals surface area contributed by atoms with Gasteiger partial charge in [0.25, 0.3) is 5.91 Å². The lowest BCUT2D eigenvalue weighted by molar-refractivity contribution is -0.131. The van der Waals surface area contributed by atoms with Crippen LogP contribution in [0.4, 0.5) is 5.82 Å². The van der Waals surface area contributed by atoms with E-state index < -0.39 is 0 Å². The van der Waals surface area contributed by atoms with Gasteiger partial charge in [0.2, 0.25) is 5.91 Å². The molecule has 0 atom stereocenters. The Morgan fingerprint density at radius 3 is 2.30 bits per heavy atom. The molecule has 172 valence electrons. The molecule has 5 rings (SSSR count). The summed E-state index contributed by atoms with van der Waals surface area (Å²) in [6, 6.07) is 15.8. The first-order valence-electron chi connectivity index (χ1n) is 11.7. The maximum atomic E-state index is 12.9. The van der Waals surface area contributed by atoms with Crippen LogP contribution in [0.5, 0.6) is 0 Å². The third-order valence-electron chi connectivity index (χ3n) is 6.67. The van der Waals surface area contributed by atoms with Gasteiger partial charge in [-0.2, -0.15) is 0 Å². The number of nitrogens with one attached hydrogen (secondary N) is 1. The molecule has 0 bridgehead atoms. The third kappa shape index (κ3) is 4.85. The lowest BCUT2D eigenvalue weighted by Crippen LogP contribution is -2.51. The number of pyridine rings is 1. The number of rotatable bonds is 5. The van der Waals surface area contributed by atoms with Gasteiger partial charge >= 0.3 is 0 Å². The van der Waals surface area contributed by atoms with E-state index in [1.165, 1.54) is 0 Å². The summed E-state index contributed by atoms with van der Waals surface area (Å²) in [6.45, 7) is 6.82. The zero-order valence-corrected chi connectivity index (χ0v) is 18.8. The maximum Gasteiger partial charge on any atom is 0.270 e. The number of hydrogen-bond donors (Lipinski definition) is 1. The molecule has 2 aliphatic heterocycles. The molecule has 33 heavy (non-hydrogen) atoms. The van der Waals surface area contributed by atoms with Crippen LogP contribution in [0, 0.1) is 0 Å². The van der Waals surface area contributed by atoms with Gasteiger partial charge < -0.3 is 19.7 Å². The van der Waals surface area contributed by atoms with Crippen LogP contribution in [0.2, 0.25) is 0 Å². The van der Waals surface area contributed by atoms with Crippen molar-refractivity contribution in [2.45, 2.75) is 6.42 Å². The summed E-state index contributed by atoms with van der Waals surface area (Å²) in [4.78, 5) is 41.6. The van der Waals surface area contributed by atoms with E-state index in [1.54, 1.807) is 6.20 Å². The second kappa shape index (κ2) is 9.62. The Balaban J connectivity index is 1.05. The van der Waals surface area contributed by atoms with E-state index in [9.17, 15) is 9.59 Å². The summed E-state index contributed by atoms with van der Waals surface area (Å²) in [7, 11) is 0. The van der Waals surface area contributed by atoms with Crippen LogP contribution < -0.4 is 4.90 Å². The van der Waals surface area contributed by atoms with E-state index in [-0.39, 0.29) is 11.8 Å². The summed E-state index contributed by atoms with van der Waals surface area (Å²) in [5.74, 6) is 1.24. The molecular weight excluding hydrogens is 416 g/mol. The highest BCUT2D eigenvalue weighted by Gasteiger charge is 2.25. The molecule has 4 heterocycles. The molecular formula is C25H30N6O2. The van der Waals surface area contributed by atoms with Gasteiger partial charge in [0.15, 0.2) is 0 Å². The minimum atomic E-state index is 0.0488. The van der Waals surface area contributed by atoms with E-state index >= 15 is 0 Å². The number of amides is 2. The van der Waals surface area contributed by atoms with Gasteiger partial charge in [-0.05, 0) is 24.3 Å². The Morgan fingerprint density at radius 2 is 1.58 bits per heavy atom. The molecule has 2 aliphatic rings. The second-order valence-corrected chi connectivity index (χ2v) is 8.71. The van der Waals surface area contributed by atoms with E-state index in [0.717, 1.165) is 62.5 Å². The van der Waals surface area contributed by atoms with E-state index in [4.69, 9.17) is 0 Å². The number of H-pyrrole nitrogens is 1. The van der Waals surface area contributed by atoms with Crippen LogP contribution in [-0.2, 0) is 4.79 Å². The molecule has 8 nitrogen and oxygen atoms in total. The minimum Gasteiger partial charge on any atom is -0.353 e. The summed E-state index contributed by atoms with van der Waals surface area (Å²) in [5, 5.41) is 1.05. The lowest BCUT2D eigenvalue weighted by atomic mass is 10.2. The summed E-state index contributed by atoms with van der Waals surface area (Å²) >= 11 is 0. The molecule has 0 unspecified atom stereocenters. The highest BCUT2D eigenvalue weighted by atomic mass is 16.2. The molecule has 2 aromatic heterocycles. The fourth-order valence-electron chi connectivity index (χ4n) is 4.67. The van der Waals surface area contributed by atoms with E-state index in [1.807, 2.05) is 58.3 Å². The molecule has 8 heteroatoms. The normalized spacial score (nSPS) is 17.5. The van der Waals surface area contributed by atoms with Gasteiger partial charge in [0, 0.05) is 82.4 Å². The van der Waals surface area contributed by atoms with Crippen LogP contribution >= 0.6 is 0 Å². The van der Waals surface area contributed by atoms with Crippen LogP contribution in [0.3, 0.4) is 0 Å². The number of carbonyl (C=O) groups excluding carboxylic acids is 2. The third-order valence-corrected chi connectivity index (χ3v) is 6.67. The average molecular weight is 447 g/mol. The number of aromatic nitrogens is 2. The number of piperazine rings is 2. The molecule has 2 fully saturated rings. The second-order valence-electron chi connectivity index (χ2n) is 8.71. The Kier molecular flexibility index (Phi) is 6.26. The van der Waals surface area contributed by atoms with Gasteiger partial charge in [-0.1, -0.05) is 24.3 Å². The van der Waals surface area contributed by atoms with Crippen molar-refractivity contribution < 1.29 is 9.59 Å². The maximum absolute atomic E-state index is 12.9. The van der Waals surface area contributed by atoms with Crippen LogP contribution in [0.1, 0.15) is 16.9 Å². The summed E-state index contributed by atoms with van der Waals surface area (Å²) in [5.41, 5.74) is 1.63. The number of fused-ring (bicyclic) bond motifs is 1. The lowest BCUT2D eigenvalue weighted by Gasteiger charge is -2.37. The van der Waals surface area contributed by atoms with Crippen molar-refractivity contribution in [1.82, 2.24) is 24.7 Å². The standard InChI is InChI=1S/C25H30N6O2/c32-24(30-17-15-29(16-18-30)23-7-3-4-9-26-23)8-10-28-11-13-31(14-12-28)25(33)22-19-20-5-1-2-6-21(20)27-22/h1-7,9,19,27H,8,10-18H2. The Labute approximate surface area is 193 Å². The van der Waals surface area contributed by atoms with Gasteiger partial charge in [0.05, 0.1) is 0 Å². The zero-order chi connectivity index (χ0) is 22.6. The molecule has 0 aliphatic carbocycles. The number of aromatic amines is 1. The van der Waals surface area contributed by atoms with Crippen LogP contribution in [0.15, 0.2) is 54.7 Å². The monoisotopic (exact) mass is 446 g/mol. The number of para-hydroxylation sites is 1. The first-order chi connectivity index (χ1) is 16.2. The molecule has 2 saturated heterocycles. The first kappa shape index (κ1) is 21.5. The van der Waals surface area contributed by atoms with E-state index in [0.29, 0.717) is 25.2 Å². The highest BCUT2D eigenvalue weighted by Crippen LogP contribution is 2.17. The topological polar surface area (TPSA) is 75.8 Å². The van der Waals surface area contributed by atoms with Crippen molar-refractivity contribution in [2.75, 3.05) is 63.8 Å². The Bertz CT molecular complexity index is 1070. The SMILES string of the molecule is O=C(CCN1CCN(C(=O)c2cc3ccccc3[nH]2)CC1)N1CCN(c2ccccn2)CC1. The summed E-state index contributed by atoms with van der Waals surface area (Å²) in [6.07, 6.45) is 2.33. The zero-order valence-electron chi connectivity index (χ0n) is 18.8. The largest absolute Gasteiger partial charge is 0.353 e. The van der Waals surface area contributed by atoms with Gasteiger partial charge in [0.1, 0.15) is 11.5 Å². The molecule has 0 radical (unpaired) electrons. The Hall–Kier alpha value is -3.39. The predicted octanol–water partition coefficient (Wildman–Crippen LogP) is 2.06. The number of hydrogen-bond acceptors (Lipinski definition) is 5. The van der Waals surface area contributed by atoms with E-state index in [2.05, 4.69) is 19.8 Å². The average Bonchev–Trinajstić information content (AvgIpc) is 3.32. The van der Waals surface area contributed by atoms with Crippen molar-refractivity contribution in [3.05, 3.63) is 60.4 Å². The fraction of sp³-hybridized carbons (Fsp3) is 0.400. The summed E-state index contributed by atoms with van der Waals surface area (Å²) < 4.78 is 0. The number of anilines is 1. The van der Waals surface area contributed by atoms with Gasteiger partial charge in [-0.15, -0.1) is 0 Å². The number of benzene rings is 1. The van der Waals surface area contributed by atoms with Crippen LogP contribution in [0.25, 0.3) is 10.9 Å². The number of carbonyl (C=O) groups is 2. The highest BCUT2D eigenvalue weighted by molar-refractivity contribution is 5.98. The van der Waals surface area contributed by atoms with Crippen molar-refractivity contribution in [3.63, 3.8) is 0 Å². The van der Waals surface area contributed by atoms with Crippen molar-refractivity contribution >= 4 is 28.5 Å². The number of nitrogens with zero attached hydrogens (tertiary/aromatic N) is 5. The molecule has 1 aromatic carbocycles. The first-order valence-corrected chi connectivity index (χ1v) is 11.7. The fourth-order valence-corrected chi connectivity index (χ4v) is 4.67. The molecule has 1 N–H and O–H groups in total. The smallest absolute Gasteiger partial charge is 0.270 e. The molecule has 0 spiro atoms. The molecule has 2 amide bonds. The predicted molar refractivity (Wildman–Crippen MR) is 128 cm³/mol. The van der Waals surface area contributed by atoms with Crippen molar-refractivity contribution in [3.8, 4) is 0 Å². The Morgan fingerprint density at radius 1 is 0.848 bits per heavy atom. The molecule has 3 aromatic rings. The quantitative estimate of drug-likeness (QED) is 0.649. The van der Waals surface area contributed by atoms with Gasteiger partial charge in [-0.3, -0.25) is 14.5 Å².